The normalized spacial score (nSPS) is 17.7. The minimum absolute atomic E-state index is 0.314. The van der Waals surface area contributed by atoms with Crippen LogP contribution >= 0.6 is 0 Å². The van der Waals surface area contributed by atoms with E-state index < -0.39 is 0 Å². The maximum absolute atomic E-state index is 13.1. The third-order valence-corrected chi connectivity index (χ3v) is 4.36. The molecule has 2 rings (SSSR count). The standard InChI is InChI=1S/C17H26N2O/c1-3-14-19(4-2)16(20)17(10-12-18-13-11-17)15-8-6-5-7-9-15/h5-9,18H,3-4,10-14H2,1-2H3. The van der Waals surface area contributed by atoms with Crippen molar-refractivity contribution in [1.29, 1.82) is 0 Å². The molecule has 110 valence electrons. The Morgan fingerprint density at radius 2 is 1.85 bits per heavy atom. The molecule has 3 nitrogen and oxygen atoms in total. The van der Waals surface area contributed by atoms with Gasteiger partial charge in [0, 0.05) is 13.1 Å². The van der Waals surface area contributed by atoms with Crippen molar-refractivity contribution in [1.82, 2.24) is 10.2 Å². The van der Waals surface area contributed by atoms with Crippen LogP contribution in [0.2, 0.25) is 0 Å². The lowest BCUT2D eigenvalue weighted by Crippen LogP contribution is -2.52. The first-order valence-corrected chi connectivity index (χ1v) is 7.80. The molecular formula is C17H26N2O. The zero-order chi connectivity index (χ0) is 14.4. The number of carbonyl (C=O) groups excluding carboxylic acids is 1. The quantitative estimate of drug-likeness (QED) is 0.895. The maximum Gasteiger partial charge on any atom is 0.233 e. The highest BCUT2D eigenvalue weighted by Gasteiger charge is 2.42. The lowest BCUT2D eigenvalue weighted by Gasteiger charge is -2.40. The van der Waals surface area contributed by atoms with Crippen LogP contribution in [0.1, 0.15) is 38.7 Å². The van der Waals surface area contributed by atoms with Crippen LogP contribution in [-0.2, 0) is 10.2 Å². The van der Waals surface area contributed by atoms with Crippen molar-refractivity contribution < 1.29 is 4.79 Å². The minimum Gasteiger partial charge on any atom is -0.342 e. The summed E-state index contributed by atoms with van der Waals surface area (Å²) in [6, 6.07) is 10.3. The SMILES string of the molecule is CCCN(CC)C(=O)C1(c2ccccc2)CCNCC1. The van der Waals surface area contributed by atoms with Crippen molar-refractivity contribution in [3.63, 3.8) is 0 Å². The Balaban J connectivity index is 2.34. The first-order chi connectivity index (χ1) is 9.74. The van der Waals surface area contributed by atoms with Crippen LogP contribution in [0.5, 0.6) is 0 Å². The van der Waals surface area contributed by atoms with Crippen LogP contribution in [0.3, 0.4) is 0 Å². The van der Waals surface area contributed by atoms with Gasteiger partial charge < -0.3 is 10.2 Å². The van der Waals surface area contributed by atoms with Gasteiger partial charge in [-0.3, -0.25) is 4.79 Å². The van der Waals surface area contributed by atoms with Gasteiger partial charge >= 0.3 is 0 Å². The van der Waals surface area contributed by atoms with Gasteiger partial charge in [-0.2, -0.15) is 0 Å². The first-order valence-electron chi connectivity index (χ1n) is 7.80. The zero-order valence-electron chi connectivity index (χ0n) is 12.7. The predicted octanol–water partition coefficient (Wildman–Crippen LogP) is 2.57. The minimum atomic E-state index is -0.322. The van der Waals surface area contributed by atoms with Gasteiger partial charge in [0.05, 0.1) is 5.41 Å². The van der Waals surface area contributed by atoms with Crippen molar-refractivity contribution in [2.75, 3.05) is 26.2 Å². The molecule has 0 radical (unpaired) electrons. The van der Waals surface area contributed by atoms with Crippen molar-refractivity contribution in [2.45, 2.75) is 38.5 Å². The van der Waals surface area contributed by atoms with E-state index in [9.17, 15) is 4.79 Å². The number of amides is 1. The molecule has 0 aliphatic carbocycles. The van der Waals surface area contributed by atoms with Gasteiger partial charge in [-0.1, -0.05) is 37.3 Å². The Bertz CT molecular complexity index is 424. The van der Waals surface area contributed by atoms with Crippen LogP contribution in [-0.4, -0.2) is 37.0 Å². The Labute approximate surface area is 122 Å². The number of hydrogen-bond acceptors (Lipinski definition) is 2. The zero-order valence-corrected chi connectivity index (χ0v) is 12.7. The number of nitrogens with one attached hydrogen (secondary N) is 1. The van der Waals surface area contributed by atoms with Crippen LogP contribution < -0.4 is 5.32 Å². The summed E-state index contributed by atoms with van der Waals surface area (Å²) in [5, 5.41) is 3.38. The second kappa shape index (κ2) is 6.89. The molecule has 1 fully saturated rings. The molecule has 1 heterocycles. The van der Waals surface area contributed by atoms with Gasteiger partial charge in [-0.25, -0.2) is 0 Å². The van der Waals surface area contributed by atoms with Crippen molar-refractivity contribution in [3.8, 4) is 0 Å². The highest BCUT2D eigenvalue weighted by molar-refractivity contribution is 5.88. The van der Waals surface area contributed by atoms with E-state index in [-0.39, 0.29) is 5.41 Å². The smallest absolute Gasteiger partial charge is 0.233 e. The van der Waals surface area contributed by atoms with E-state index in [0.717, 1.165) is 45.4 Å². The number of carbonyl (C=O) groups is 1. The lowest BCUT2D eigenvalue weighted by atomic mass is 9.72. The molecule has 0 saturated carbocycles. The molecule has 1 aliphatic rings. The van der Waals surface area contributed by atoms with Gasteiger partial charge in [-0.15, -0.1) is 0 Å². The molecular weight excluding hydrogens is 248 g/mol. The second-order valence-corrected chi connectivity index (χ2v) is 5.58. The fourth-order valence-electron chi connectivity index (χ4n) is 3.21. The molecule has 3 heteroatoms. The predicted molar refractivity (Wildman–Crippen MR) is 82.8 cm³/mol. The summed E-state index contributed by atoms with van der Waals surface area (Å²) in [6.07, 6.45) is 2.81. The monoisotopic (exact) mass is 274 g/mol. The summed E-state index contributed by atoms with van der Waals surface area (Å²) >= 11 is 0. The highest BCUT2D eigenvalue weighted by atomic mass is 16.2. The number of nitrogens with zero attached hydrogens (tertiary/aromatic N) is 1. The molecule has 0 atom stereocenters. The third kappa shape index (κ3) is 2.88. The molecule has 20 heavy (non-hydrogen) atoms. The average molecular weight is 274 g/mol. The molecule has 0 spiro atoms. The van der Waals surface area contributed by atoms with Crippen LogP contribution in [0.4, 0.5) is 0 Å². The lowest BCUT2D eigenvalue weighted by molar-refractivity contribution is -0.138. The molecule has 1 amide bonds. The van der Waals surface area contributed by atoms with E-state index in [1.807, 2.05) is 23.1 Å². The Hall–Kier alpha value is -1.35. The topological polar surface area (TPSA) is 32.3 Å². The van der Waals surface area contributed by atoms with Crippen LogP contribution in [0.15, 0.2) is 30.3 Å². The van der Waals surface area contributed by atoms with Crippen LogP contribution in [0.25, 0.3) is 0 Å². The number of benzene rings is 1. The summed E-state index contributed by atoms with van der Waals surface area (Å²) in [4.78, 5) is 15.2. The molecule has 0 aromatic heterocycles. The third-order valence-electron chi connectivity index (χ3n) is 4.36. The Kier molecular flexibility index (Phi) is 5.18. The Morgan fingerprint density at radius 1 is 1.20 bits per heavy atom. The summed E-state index contributed by atoms with van der Waals surface area (Å²) in [5.41, 5.74) is 0.860. The molecule has 1 saturated heterocycles. The molecule has 1 aliphatic heterocycles. The van der Waals surface area contributed by atoms with Gasteiger partial charge in [0.25, 0.3) is 0 Å². The van der Waals surface area contributed by atoms with E-state index in [4.69, 9.17) is 0 Å². The molecule has 0 bridgehead atoms. The number of piperidine rings is 1. The number of likely N-dealkylation sites (N-methyl/N-ethyl adjacent to an activating group) is 1. The first kappa shape index (κ1) is 15.0. The van der Waals surface area contributed by atoms with E-state index in [0.29, 0.717) is 5.91 Å². The number of rotatable bonds is 5. The van der Waals surface area contributed by atoms with Gasteiger partial charge in [-0.05, 0) is 44.8 Å². The number of hydrogen-bond donors (Lipinski definition) is 1. The summed E-state index contributed by atoms with van der Waals surface area (Å²) in [7, 11) is 0. The molecule has 1 aromatic rings. The largest absolute Gasteiger partial charge is 0.342 e. The van der Waals surface area contributed by atoms with Crippen molar-refractivity contribution in [2.24, 2.45) is 0 Å². The summed E-state index contributed by atoms with van der Waals surface area (Å²) in [6.45, 7) is 7.71. The van der Waals surface area contributed by atoms with Crippen molar-refractivity contribution in [3.05, 3.63) is 35.9 Å². The molecule has 0 unspecified atom stereocenters. The van der Waals surface area contributed by atoms with Crippen molar-refractivity contribution >= 4 is 5.91 Å². The van der Waals surface area contributed by atoms with E-state index in [2.05, 4.69) is 31.3 Å². The highest BCUT2D eigenvalue weighted by Crippen LogP contribution is 2.35. The molecule has 1 aromatic carbocycles. The fourth-order valence-corrected chi connectivity index (χ4v) is 3.21. The average Bonchev–Trinajstić information content (AvgIpc) is 2.53. The van der Waals surface area contributed by atoms with Gasteiger partial charge in [0.1, 0.15) is 0 Å². The maximum atomic E-state index is 13.1. The van der Waals surface area contributed by atoms with E-state index in [1.54, 1.807) is 0 Å². The van der Waals surface area contributed by atoms with Crippen LogP contribution in [0, 0.1) is 0 Å². The van der Waals surface area contributed by atoms with E-state index in [1.165, 1.54) is 5.56 Å². The van der Waals surface area contributed by atoms with Gasteiger partial charge in [0.15, 0.2) is 0 Å². The fraction of sp³-hybridized carbons (Fsp3) is 0.588. The second-order valence-electron chi connectivity index (χ2n) is 5.58. The summed E-state index contributed by atoms with van der Waals surface area (Å²) < 4.78 is 0. The summed E-state index contributed by atoms with van der Waals surface area (Å²) in [5.74, 6) is 0.314. The Morgan fingerprint density at radius 3 is 2.40 bits per heavy atom. The molecule has 1 N–H and O–H groups in total. The van der Waals surface area contributed by atoms with Gasteiger partial charge in [0.2, 0.25) is 5.91 Å². The van der Waals surface area contributed by atoms with E-state index >= 15 is 0 Å².